The first-order valence-corrected chi connectivity index (χ1v) is 11.1. The van der Waals surface area contributed by atoms with E-state index in [1.165, 1.54) is 12.1 Å². The molecule has 11 heteroatoms. The number of nitrogens with zero attached hydrogens (tertiary/aromatic N) is 3. The number of piperidine rings is 1. The maximum atomic E-state index is 13.1. The van der Waals surface area contributed by atoms with Gasteiger partial charge in [-0.15, -0.1) is 5.06 Å². The topological polar surface area (TPSA) is 133 Å². The van der Waals surface area contributed by atoms with Crippen molar-refractivity contribution in [3.63, 3.8) is 0 Å². The van der Waals surface area contributed by atoms with Gasteiger partial charge in [0.15, 0.2) is 0 Å². The summed E-state index contributed by atoms with van der Waals surface area (Å²) in [5.74, 6) is -4.80. The maximum Gasteiger partial charge on any atom is 0.355 e. The van der Waals surface area contributed by atoms with Crippen LogP contribution in [0.2, 0.25) is 0 Å². The minimum Gasteiger partial charge on any atom is -0.341 e. The minimum absolute atomic E-state index is 0.0314. The van der Waals surface area contributed by atoms with Crippen molar-refractivity contribution >= 4 is 35.5 Å². The van der Waals surface area contributed by atoms with Crippen LogP contribution in [0.5, 0.6) is 0 Å². The van der Waals surface area contributed by atoms with Crippen LogP contribution in [0, 0.1) is 5.92 Å². The Balaban J connectivity index is 1.78. The highest BCUT2D eigenvalue weighted by molar-refractivity contribution is 6.23. The average Bonchev–Trinajstić information content (AvgIpc) is 3.04. The van der Waals surface area contributed by atoms with Crippen LogP contribution < -0.4 is 5.32 Å². The summed E-state index contributed by atoms with van der Waals surface area (Å²) in [5, 5.41) is 2.90. The monoisotopic (exact) mass is 472 g/mol. The fourth-order valence-corrected chi connectivity index (χ4v) is 3.89. The number of fused-ring (bicyclic) bond motifs is 1. The number of hydrogen-bond acceptors (Lipinski definition) is 8. The quantitative estimate of drug-likeness (QED) is 0.536. The number of hydrogen-bond donors (Lipinski definition) is 1. The number of amides is 5. The van der Waals surface area contributed by atoms with Gasteiger partial charge in [-0.05, 0) is 38.6 Å². The number of benzene rings is 1. The first kappa shape index (κ1) is 25.0. The van der Waals surface area contributed by atoms with Crippen LogP contribution in [-0.2, 0) is 24.0 Å². The van der Waals surface area contributed by atoms with Crippen molar-refractivity contribution in [1.82, 2.24) is 20.2 Å². The Morgan fingerprint density at radius 3 is 2.24 bits per heavy atom. The minimum atomic E-state index is -1.29. The van der Waals surface area contributed by atoms with E-state index in [1.807, 2.05) is 6.92 Å². The lowest BCUT2D eigenvalue weighted by atomic mass is 9.99. The Hall–Kier alpha value is -3.60. The Morgan fingerprint density at radius 2 is 1.71 bits per heavy atom. The molecule has 11 nitrogen and oxygen atoms in total. The molecule has 2 aliphatic heterocycles. The van der Waals surface area contributed by atoms with Gasteiger partial charge in [0.25, 0.3) is 23.6 Å². The van der Waals surface area contributed by atoms with Gasteiger partial charge in [-0.25, -0.2) is 4.79 Å². The van der Waals surface area contributed by atoms with E-state index in [-0.39, 0.29) is 36.4 Å². The molecule has 3 rings (SSSR count). The third-order valence-corrected chi connectivity index (χ3v) is 5.91. The van der Waals surface area contributed by atoms with E-state index < -0.39 is 47.6 Å². The van der Waals surface area contributed by atoms with E-state index in [1.54, 1.807) is 38.1 Å². The van der Waals surface area contributed by atoms with Crippen LogP contribution in [0.1, 0.15) is 53.8 Å². The lowest BCUT2D eigenvalue weighted by molar-refractivity contribution is -0.210. The number of rotatable bonds is 8. The van der Waals surface area contributed by atoms with Crippen molar-refractivity contribution in [2.75, 3.05) is 20.6 Å². The molecule has 2 heterocycles. The van der Waals surface area contributed by atoms with Gasteiger partial charge in [0.05, 0.1) is 17.7 Å². The van der Waals surface area contributed by atoms with E-state index >= 15 is 0 Å². The molecule has 34 heavy (non-hydrogen) atoms. The van der Waals surface area contributed by atoms with Crippen LogP contribution in [-0.4, -0.2) is 83.1 Å². The SMILES string of the molecule is CCC(C)C(NC(=O)CN(C)C)C(=O)ON1C(=O)CC[C@H](N2C(=O)c3ccccc3C2=O)C1=O. The fraction of sp³-hybridized carbons (Fsp3) is 0.478. The summed E-state index contributed by atoms with van der Waals surface area (Å²) in [5.41, 5.74) is 0.336. The van der Waals surface area contributed by atoms with Gasteiger partial charge in [-0.3, -0.25) is 28.9 Å². The molecule has 0 radical (unpaired) electrons. The molecule has 3 atom stereocenters. The standard InChI is InChI=1S/C23H28N4O7/c1-5-13(2)19(24-17(28)12-25(3)4)23(33)34-27-18(29)11-10-16(22(27)32)26-20(30)14-8-6-7-9-15(14)21(26)31/h6-9,13,16,19H,5,10-12H2,1-4H3,(H,24,28)/t13?,16-,19?/m0/s1. The van der Waals surface area contributed by atoms with Gasteiger partial charge in [-0.2, -0.15) is 0 Å². The van der Waals surface area contributed by atoms with E-state index in [4.69, 9.17) is 4.84 Å². The van der Waals surface area contributed by atoms with Gasteiger partial charge >= 0.3 is 5.97 Å². The van der Waals surface area contributed by atoms with Crippen molar-refractivity contribution in [3.05, 3.63) is 35.4 Å². The molecule has 1 fully saturated rings. The molecule has 2 unspecified atom stereocenters. The zero-order chi connectivity index (χ0) is 25.2. The summed E-state index contributed by atoms with van der Waals surface area (Å²) in [6.45, 7) is 3.57. The molecule has 0 aliphatic carbocycles. The smallest absolute Gasteiger partial charge is 0.341 e. The molecule has 182 valence electrons. The summed E-state index contributed by atoms with van der Waals surface area (Å²) in [6, 6.07) is 3.79. The normalized spacial score (nSPS) is 19.9. The third-order valence-electron chi connectivity index (χ3n) is 5.91. The lowest BCUT2D eigenvalue weighted by Gasteiger charge is -2.34. The lowest BCUT2D eigenvalue weighted by Crippen LogP contribution is -2.58. The number of carbonyl (C=O) groups excluding carboxylic acids is 6. The van der Waals surface area contributed by atoms with Crippen LogP contribution in [0.3, 0.4) is 0 Å². The Labute approximate surface area is 196 Å². The van der Waals surface area contributed by atoms with Gasteiger partial charge in [0.1, 0.15) is 12.1 Å². The van der Waals surface area contributed by atoms with Crippen molar-refractivity contribution < 1.29 is 33.6 Å². The van der Waals surface area contributed by atoms with Crippen LogP contribution in [0.15, 0.2) is 24.3 Å². The van der Waals surface area contributed by atoms with E-state index in [0.29, 0.717) is 11.5 Å². The van der Waals surface area contributed by atoms with Gasteiger partial charge in [-0.1, -0.05) is 32.4 Å². The van der Waals surface area contributed by atoms with Crippen molar-refractivity contribution in [2.24, 2.45) is 5.92 Å². The van der Waals surface area contributed by atoms with Gasteiger partial charge in [0, 0.05) is 6.42 Å². The molecular weight excluding hydrogens is 444 g/mol. The summed E-state index contributed by atoms with van der Waals surface area (Å²) in [7, 11) is 3.39. The predicted octanol–water partition coefficient (Wildman–Crippen LogP) is 0.351. The zero-order valence-electron chi connectivity index (χ0n) is 19.6. The molecular formula is C23H28N4O7. The molecule has 1 saturated heterocycles. The Morgan fingerprint density at radius 1 is 1.12 bits per heavy atom. The summed E-state index contributed by atoms with van der Waals surface area (Å²) < 4.78 is 0. The summed E-state index contributed by atoms with van der Waals surface area (Å²) in [4.78, 5) is 83.9. The number of hydroxylamine groups is 2. The maximum absolute atomic E-state index is 13.1. The number of imide groups is 2. The molecule has 1 N–H and O–H groups in total. The molecule has 2 aliphatic rings. The Kier molecular flexibility index (Phi) is 7.45. The Bertz CT molecular complexity index is 1000. The molecule has 1 aromatic rings. The van der Waals surface area contributed by atoms with Gasteiger partial charge < -0.3 is 15.1 Å². The van der Waals surface area contributed by atoms with E-state index in [0.717, 1.165) is 4.90 Å². The fourth-order valence-electron chi connectivity index (χ4n) is 3.89. The second-order valence-corrected chi connectivity index (χ2v) is 8.69. The first-order chi connectivity index (χ1) is 16.1. The molecule has 0 saturated carbocycles. The third kappa shape index (κ3) is 4.84. The number of likely N-dealkylation sites (N-methyl/N-ethyl adjacent to an activating group) is 1. The molecule has 5 amide bonds. The van der Waals surface area contributed by atoms with Crippen molar-refractivity contribution in [2.45, 2.75) is 45.2 Å². The second kappa shape index (κ2) is 10.1. The number of nitrogens with one attached hydrogen (secondary N) is 1. The first-order valence-electron chi connectivity index (χ1n) is 11.1. The van der Waals surface area contributed by atoms with Crippen molar-refractivity contribution in [1.29, 1.82) is 0 Å². The largest absolute Gasteiger partial charge is 0.355 e. The van der Waals surface area contributed by atoms with E-state index in [9.17, 15) is 28.8 Å². The summed E-state index contributed by atoms with van der Waals surface area (Å²) in [6.07, 6.45) is 0.227. The van der Waals surface area contributed by atoms with Crippen LogP contribution in [0.4, 0.5) is 0 Å². The number of carbonyl (C=O) groups is 6. The van der Waals surface area contributed by atoms with Crippen LogP contribution >= 0.6 is 0 Å². The highest BCUT2D eigenvalue weighted by Gasteiger charge is 2.48. The average molecular weight is 472 g/mol. The second-order valence-electron chi connectivity index (χ2n) is 8.69. The zero-order valence-corrected chi connectivity index (χ0v) is 19.6. The molecule has 0 spiro atoms. The molecule has 0 bridgehead atoms. The highest BCUT2D eigenvalue weighted by atomic mass is 16.7. The molecule has 1 aromatic carbocycles. The highest BCUT2D eigenvalue weighted by Crippen LogP contribution is 2.29. The van der Waals surface area contributed by atoms with E-state index in [2.05, 4.69) is 5.32 Å². The van der Waals surface area contributed by atoms with Gasteiger partial charge in [0.2, 0.25) is 5.91 Å². The summed E-state index contributed by atoms with van der Waals surface area (Å²) >= 11 is 0. The predicted molar refractivity (Wildman–Crippen MR) is 118 cm³/mol. The van der Waals surface area contributed by atoms with Crippen LogP contribution in [0.25, 0.3) is 0 Å². The van der Waals surface area contributed by atoms with Crippen molar-refractivity contribution in [3.8, 4) is 0 Å². The molecule has 0 aromatic heterocycles.